The molecule has 0 radical (unpaired) electrons. The van der Waals surface area contributed by atoms with Gasteiger partial charge in [-0.3, -0.25) is 4.79 Å². The molecule has 0 unspecified atom stereocenters. The van der Waals surface area contributed by atoms with Gasteiger partial charge in [0.2, 0.25) is 0 Å². The van der Waals surface area contributed by atoms with E-state index >= 15 is 0 Å². The van der Waals surface area contributed by atoms with Gasteiger partial charge >= 0.3 is 0 Å². The molecule has 0 atom stereocenters. The Morgan fingerprint density at radius 1 is 1.00 bits per heavy atom. The molecular weight excluding hydrogens is 452 g/mol. The van der Waals surface area contributed by atoms with Gasteiger partial charge in [0, 0.05) is 16.5 Å². The largest absolute Gasteiger partial charge is 0.320 e. The molecule has 0 spiro atoms. The summed E-state index contributed by atoms with van der Waals surface area (Å²) in [6, 6.07) is 13.3. The minimum Gasteiger partial charge on any atom is -0.320 e. The molecule has 3 aromatic carbocycles. The lowest BCUT2D eigenvalue weighted by molar-refractivity contribution is -0.112. The van der Waals surface area contributed by atoms with Gasteiger partial charge in [0.15, 0.2) is 9.84 Å². The fraction of sp³-hybridized carbons (Fsp3) is 0.125. The average Bonchev–Trinajstić information content (AvgIpc) is 2.73. The molecule has 0 fully saturated rings. The van der Waals surface area contributed by atoms with Crippen molar-refractivity contribution in [2.24, 2.45) is 0 Å². The van der Waals surface area contributed by atoms with Crippen molar-refractivity contribution in [3.8, 4) is 0 Å². The lowest BCUT2D eigenvalue weighted by Crippen LogP contribution is -2.18. The van der Waals surface area contributed by atoms with E-state index in [1.807, 2.05) is 32.0 Å². The fourth-order valence-corrected chi connectivity index (χ4v) is 6.07. The van der Waals surface area contributed by atoms with Gasteiger partial charge in [-0.05, 0) is 66.9 Å². The van der Waals surface area contributed by atoms with Crippen molar-refractivity contribution in [3.05, 3.63) is 93.4 Å². The van der Waals surface area contributed by atoms with Crippen molar-refractivity contribution in [2.75, 3.05) is 5.32 Å². The highest BCUT2D eigenvalue weighted by molar-refractivity contribution is 8.04. The summed E-state index contributed by atoms with van der Waals surface area (Å²) in [6.45, 7) is 3.75. The molecule has 1 N–H and O–H groups in total. The minimum absolute atomic E-state index is 0.0614. The van der Waals surface area contributed by atoms with Crippen molar-refractivity contribution in [1.29, 1.82) is 0 Å². The second kappa shape index (κ2) is 8.52. The molecule has 1 amide bonds. The van der Waals surface area contributed by atoms with E-state index in [9.17, 15) is 22.0 Å². The minimum atomic E-state index is -3.64. The van der Waals surface area contributed by atoms with Crippen LogP contribution in [0.3, 0.4) is 0 Å². The summed E-state index contributed by atoms with van der Waals surface area (Å²) in [5.41, 5.74) is 3.10. The predicted octanol–water partition coefficient (Wildman–Crippen LogP) is 5.64. The topological polar surface area (TPSA) is 63.2 Å². The molecule has 32 heavy (non-hydrogen) atoms. The van der Waals surface area contributed by atoms with Gasteiger partial charge in [-0.2, -0.15) is 0 Å². The molecule has 164 valence electrons. The van der Waals surface area contributed by atoms with Crippen LogP contribution in [-0.2, 0) is 20.4 Å². The van der Waals surface area contributed by atoms with Crippen LogP contribution in [-0.4, -0.2) is 14.3 Å². The van der Waals surface area contributed by atoms with Gasteiger partial charge in [-0.15, -0.1) is 0 Å². The summed E-state index contributed by atoms with van der Waals surface area (Å²) in [5.74, 6) is -2.08. The Labute approximate surface area is 189 Å². The molecule has 4 nitrogen and oxygen atoms in total. The molecule has 4 rings (SSSR count). The molecule has 0 bridgehead atoms. The SMILES string of the molecule is Cc1cccc(C)c1CS(=O)(=O)c1ccc2c(c1)S/C(=C/c1ccc(F)cc1F)C(=O)N2. The van der Waals surface area contributed by atoms with Gasteiger partial charge < -0.3 is 5.32 Å². The number of sulfone groups is 1. The van der Waals surface area contributed by atoms with E-state index in [1.54, 1.807) is 6.07 Å². The number of amides is 1. The van der Waals surface area contributed by atoms with Crippen molar-refractivity contribution in [3.63, 3.8) is 0 Å². The second-order valence-electron chi connectivity index (χ2n) is 7.52. The first-order valence-electron chi connectivity index (χ1n) is 9.72. The number of carbonyl (C=O) groups is 1. The second-order valence-corrected chi connectivity index (χ2v) is 10.6. The van der Waals surface area contributed by atoms with Crippen LogP contribution in [0.25, 0.3) is 6.08 Å². The van der Waals surface area contributed by atoms with Gasteiger partial charge in [0.1, 0.15) is 11.6 Å². The molecule has 0 saturated carbocycles. The highest BCUT2D eigenvalue weighted by atomic mass is 32.2. The maximum absolute atomic E-state index is 14.0. The average molecular weight is 472 g/mol. The Hall–Kier alpha value is -2.97. The maximum atomic E-state index is 14.0. The number of benzene rings is 3. The Kier molecular flexibility index (Phi) is 5.92. The van der Waals surface area contributed by atoms with Crippen LogP contribution >= 0.6 is 11.8 Å². The van der Waals surface area contributed by atoms with E-state index in [-0.39, 0.29) is 21.1 Å². The molecule has 1 aliphatic rings. The Bertz CT molecular complexity index is 1360. The van der Waals surface area contributed by atoms with E-state index in [2.05, 4.69) is 5.32 Å². The van der Waals surface area contributed by atoms with Gasteiger partial charge in [-0.25, -0.2) is 17.2 Å². The van der Waals surface area contributed by atoms with Crippen LogP contribution in [0.15, 0.2) is 69.3 Å². The zero-order chi connectivity index (χ0) is 23.0. The van der Waals surface area contributed by atoms with E-state index in [0.717, 1.165) is 40.6 Å². The number of hydrogen-bond acceptors (Lipinski definition) is 4. The van der Waals surface area contributed by atoms with Crippen LogP contribution in [0.2, 0.25) is 0 Å². The van der Waals surface area contributed by atoms with Crippen LogP contribution in [0.4, 0.5) is 14.5 Å². The van der Waals surface area contributed by atoms with Crippen LogP contribution in [0, 0.1) is 25.5 Å². The zero-order valence-corrected chi connectivity index (χ0v) is 18.9. The van der Waals surface area contributed by atoms with Crippen LogP contribution in [0.5, 0.6) is 0 Å². The first kappa shape index (κ1) is 22.2. The Morgan fingerprint density at radius 3 is 2.41 bits per heavy atom. The Balaban J connectivity index is 1.67. The quantitative estimate of drug-likeness (QED) is 0.500. The zero-order valence-electron chi connectivity index (χ0n) is 17.3. The number of rotatable bonds is 4. The molecule has 0 aliphatic carbocycles. The number of anilines is 1. The van der Waals surface area contributed by atoms with Crippen molar-refractivity contribution in [1.82, 2.24) is 0 Å². The first-order valence-corrected chi connectivity index (χ1v) is 12.2. The summed E-state index contributed by atoms with van der Waals surface area (Å²) in [5, 5.41) is 2.69. The van der Waals surface area contributed by atoms with E-state index in [1.165, 1.54) is 24.3 Å². The van der Waals surface area contributed by atoms with Gasteiger partial charge in [0.05, 0.1) is 21.2 Å². The van der Waals surface area contributed by atoms with Crippen molar-refractivity contribution >= 4 is 39.3 Å². The third-order valence-electron chi connectivity index (χ3n) is 5.23. The normalized spacial score (nSPS) is 14.9. The third-order valence-corrected chi connectivity index (χ3v) is 7.95. The molecule has 0 saturated heterocycles. The summed E-state index contributed by atoms with van der Waals surface area (Å²) < 4.78 is 53.4. The molecule has 1 aliphatic heterocycles. The standard InChI is InChI=1S/C24H19F2NO3S2/c1-14-4-3-5-15(2)19(14)13-32(29,30)18-8-9-21-22(12-18)31-23(24(28)27-21)10-16-6-7-17(25)11-20(16)26/h3-12H,13H2,1-2H3,(H,27,28)/b23-10+. The number of halogens is 2. The van der Waals surface area contributed by atoms with E-state index in [0.29, 0.717) is 10.6 Å². The van der Waals surface area contributed by atoms with Crippen molar-refractivity contribution < 1.29 is 22.0 Å². The maximum Gasteiger partial charge on any atom is 0.262 e. The number of aryl methyl sites for hydroxylation is 2. The summed E-state index contributed by atoms with van der Waals surface area (Å²) in [7, 11) is -3.64. The number of thioether (sulfide) groups is 1. The van der Waals surface area contributed by atoms with E-state index < -0.39 is 27.4 Å². The van der Waals surface area contributed by atoms with Gasteiger partial charge in [0.25, 0.3) is 5.91 Å². The highest BCUT2D eigenvalue weighted by Gasteiger charge is 2.25. The summed E-state index contributed by atoms with van der Waals surface area (Å²) in [6.07, 6.45) is 1.32. The monoisotopic (exact) mass is 471 g/mol. The molecular formula is C24H19F2NO3S2. The molecule has 3 aromatic rings. The van der Waals surface area contributed by atoms with Crippen LogP contribution in [0.1, 0.15) is 22.3 Å². The summed E-state index contributed by atoms with van der Waals surface area (Å²) in [4.78, 5) is 13.3. The fourth-order valence-electron chi connectivity index (χ4n) is 3.44. The molecule has 1 heterocycles. The van der Waals surface area contributed by atoms with E-state index in [4.69, 9.17) is 0 Å². The van der Waals surface area contributed by atoms with Gasteiger partial charge in [-0.1, -0.05) is 30.0 Å². The number of fused-ring (bicyclic) bond motifs is 1. The number of carbonyl (C=O) groups excluding carboxylic acids is 1. The van der Waals surface area contributed by atoms with Crippen LogP contribution < -0.4 is 5.32 Å². The Morgan fingerprint density at radius 2 is 1.72 bits per heavy atom. The first-order chi connectivity index (χ1) is 15.1. The predicted molar refractivity (Wildman–Crippen MR) is 122 cm³/mol. The lowest BCUT2D eigenvalue weighted by Gasteiger charge is -2.20. The third kappa shape index (κ3) is 4.47. The summed E-state index contributed by atoms with van der Waals surface area (Å²) >= 11 is 1.04. The highest BCUT2D eigenvalue weighted by Crippen LogP contribution is 2.40. The number of nitrogens with one attached hydrogen (secondary N) is 1. The smallest absolute Gasteiger partial charge is 0.262 e. The lowest BCUT2D eigenvalue weighted by atomic mass is 10.1. The molecule has 8 heteroatoms. The van der Waals surface area contributed by atoms with Crippen molar-refractivity contribution in [2.45, 2.75) is 29.4 Å². The number of hydrogen-bond donors (Lipinski definition) is 1. The molecule has 0 aromatic heterocycles.